The first-order chi connectivity index (χ1) is 12.3. The van der Waals surface area contributed by atoms with E-state index in [0.717, 1.165) is 44.5 Å². The second-order valence-electron chi connectivity index (χ2n) is 6.77. The predicted octanol–water partition coefficient (Wildman–Crippen LogP) is 2.44. The Bertz CT molecular complexity index is 711. The zero-order valence-corrected chi connectivity index (χ0v) is 14.2. The van der Waals surface area contributed by atoms with Crippen molar-refractivity contribution in [3.05, 3.63) is 24.4 Å². The number of aromatic amines is 1. The molecule has 0 spiro atoms. The largest absolute Gasteiger partial charge is 0.335 e. The smallest absolute Gasteiger partial charge is 0.318 e. The third kappa shape index (κ3) is 3.47. The molecule has 25 heavy (non-hydrogen) atoms. The van der Waals surface area contributed by atoms with Gasteiger partial charge in [0.25, 0.3) is 0 Å². The zero-order chi connectivity index (χ0) is 17.1. The molecule has 8 heteroatoms. The molecule has 0 aromatic carbocycles. The van der Waals surface area contributed by atoms with Crippen LogP contribution in [-0.4, -0.2) is 48.7 Å². The Labute approximate surface area is 146 Å². The van der Waals surface area contributed by atoms with Gasteiger partial charge in [0.05, 0.1) is 12.2 Å². The molecule has 132 valence electrons. The van der Waals surface area contributed by atoms with E-state index in [4.69, 9.17) is 0 Å². The number of piperidine rings is 1. The first-order valence-electron chi connectivity index (χ1n) is 9.07. The standard InChI is InChI=1S/C17H23N7O/c25-17(20-12-5-1-2-6-12)24-10-4-3-7-14(24)16-21-15(22-23-16)13-11-18-8-9-19-13/h8-9,11-12,14H,1-7,10H2,(H,20,25)(H,21,22,23). The molecule has 1 saturated carbocycles. The van der Waals surface area contributed by atoms with Crippen LogP contribution in [0.5, 0.6) is 0 Å². The molecular formula is C17H23N7O. The second kappa shape index (κ2) is 7.16. The van der Waals surface area contributed by atoms with Crippen LogP contribution in [0.25, 0.3) is 11.5 Å². The average Bonchev–Trinajstić information content (AvgIpc) is 3.34. The molecule has 8 nitrogen and oxygen atoms in total. The maximum absolute atomic E-state index is 12.7. The molecule has 2 N–H and O–H groups in total. The summed E-state index contributed by atoms with van der Waals surface area (Å²) in [5.74, 6) is 1.24. The van der Waals surface area contributed by atoms with E-state index in [2.05, 4.69) is 30.5 Å². The Morgan fingerprint density at radius 2 is 2.00 bits per heavy atom. The SMILES string of the molecule is O=C(NC1CCCC1)N1CCCCC1c1nc(-c2cnccn2)n[nH]1. The summed E-state index contributed by atoms with van der Waals surface area (Å²) in [6.07, 6.45) is 12.5. The van der Waals surface area contributed by atoms with Crippen molar-refractivity contribution in [2.45, 2.75) is 57.0 Å². The number of hydrogen-bond donors (Lipinski definition) is 2. The maximum Gasteiger partial charge on any atom is 0.318 e. The van der Waals surface area contributed by atoms with Crippen LogP contribution in [0.1, 0.15) is 56.8 Å². The van der Waals surface area contributed by atoms with Gasteiger partial charge in [-0.25, -0.2) is 14.8 Å². The van der Waals surface area contributed by atoms with Gasteiger partial charge in [0.1, 0.15) is 11.5 Å². The molecular weight excluding hydrogens is 318 g/mol. The number of nitrogens with one attached hydrogen (secondary N) is 2. The summed E-state index contributed by atoms with van der Waals surface area (Å²) in [6.45, 7) is 0.754. The van der Waals surface area contributed by atoms with Gasteiger partial charge in [-0.1, -0.05) is 12.8 Å². The number of carbonyl (C=O) groups is 1. The maximum atomic E-state index is 12.7. The second-order valence-corrected chi connectivity index (χ2v) is 6.77. The van der Waals surface area contributed by atoms with Crippen LogP contribution in [-0.2, 0) is 0 Å². The molecule has 2 aliphatic rings. The number of carbonyl (C=O) groups excluding carboxylic acids is 1. The molecule has 1 atom stereocenters. The quantitative estimate of drug-likeness (QED) is 0.893. The number of aromatic nitrogens is 5. The highest BCUT2D eigenvalue weighted by Gasteiger charge is 2.32. The van der Waals surface area contributed by atoms with Crippen LogP contribution in [0.2, 0.25) is 0 Å². The van der Waals surface area contributed by atoms with Crippen molar-refractivity contribution in [3.8, 4) is 11.5 Å². The number of rotatable bonds is 3. The fraction of sp³-hybridized carbons (Fsp3) is 0.588. The minimum absolute atomic E-state index is 0.0223. The number of hydrogen-bond acceptors (Lipinski definition) is 5. The molecule has 0 bridgehead atoms. The van der Waals surface area contributed by atoms with Crippen molar-refractivity contribution in [2.75, 3.05) is 6.54 Å². The Morgan fingerprint density at radius 1 is 1.16 bits per heavy atom. The lowest BCUT2D eigenvalue weighted by molar-refractivity contribution is 0.144. The van der Waals surface area contributed by atoms with E-state index in [1.54, 1.807) is 18.6 Å². The fourth-order valence-corrected chi connectivity index (χ4v) is 3.74. The van der Waals surface area contributed by atoms with E-state index in [0.29, 0.717) is 17.6 Å². The van der Waals surface area contributed by atoms with Gasteiger partial charge in [-0.15, -0.1) is 0 Å². The monoisotopic (exact) mass is 341 g/mol. The Balaban J connectivity index is 1.51. The van der Waals surface area contributed by atoms with Gasteiger partial charge in [0.2, 0.25) is 5.82 Å². The molecule has 1 unspecified atom stereocenters. The normalized spacial score (nSPS) is 21.4. The van der Waals surface area contributed by atoms with Gasteiger partial charge in [0.15, 0.2) is 0 Å². The minimum Gasteiger partial charge on any atom is -0.335 e. The van der Waals surface area contributed by atoms with Crippen molar-refractivity contribution < 1.29 is 4.79 Å². The van der Waals surface area contributed by atoms with Crippen LogP contribution < -0.4 is 5.32 Å². The Hall–Kier alpha value is -2.51. The third-order valence-corrected chi connectivity index (χ3v) is 5.06. The van der Waals surface area contributed by atoms with Crippen molar-refractivity contribution in [2.24, 2.45) is 0 Å². The number of likely N-dealkylation sites (tertiary alicyclic amines) is 1. The molecule has 2 fully saturated rings. The molecule has 1 saturated heterocycles. The summed E-state index contributed by atoms with van der Waals surface area (Å²) in [5, 5.41) is 10.5. The Kier molecular flexibility index (Phi) is 4.58. The van der Waals surface area contributed by atoms with Crippen LogP contribution in [0, 0.1) is 0 Å². The first kappa shape index (κ1) is 16.0. The van der Waals surface area contributed by atoms with Crippen molar-refractivity contribution in [1.82, 2.24) is 35.4 Å². The summed E-state index contributed by atoms with van der Waals surface area (Å²) in [7, 11) is 0. The van der Waals surface area contributed by atoms with Gasteiger partial charge < -0.3 is 10.2 Å². The molecule has 1 aliphatic heterocycles. The molecule has 3 heterocycles. The van der Waals surface area contributed by atoms with E-state index >= 15 is 0 Å². The highest BCUT2D eigenvalue weighted by molar-refractivity contribution is 5.75. The van der Waals surface area contributed by atoms with E-state index in [1.165, 1.54) is 12.8 Å². The van der Waals surface area contributed by atoms with Gasteiger partial charge >= 0.3 is 6.03 Å². The molecule has 0 radical (unpaired) electrons. The number of urea groups is 1. The Morgan fingerprint density at radius 3 is 2.80 bits per heavy atom. The minimum atomic E-state index is -0.0620. The fourth-order valence-electron chi connectivity index (χ4n) is 3.74. The zero-order valence-electron chi connectivity index (χ0n) is 14.2. The molecule has 2 aromatic rings. The van der Waals surface area contributed by atoms with Crippen molar-refractivity contribution in [3.63, 3.8) is 0 Å². The third-order valence-electron chi connectivity index (χ3n) is 5.06. The lowest BCUT2D eigenvalue weighted by Crippen LogP contribution is -2.47. The summed E-state index contributed by atoms with van der Waals surface area (Å²) in [5.41, 5.74) is 0.628. The predicted molar refractivity (Wildman–Crippen MR) is 91.5 cm³/mol. The highest BCUT2D eigenvalue weighted by atomic mass is 16.2. The number of H-pyrrole nitrogens is 1. The van der Waals surface area contributed by atoms with Crippen LogP contribution in [0.15, 0.2) is 18.6 Å². The summed E-state index contributed by atoms with van der Waals surface area (Å²) >= 11 is 0. The summed E-state index contributed by atoms with van der Waals surface area (Å²) < 4.78 is 0. The summed E-state index contributed by atoms with van der Waals surface area (Å²) in [6, 6.07) is 0.280. The van der Waals surface area contributed by atoms with E-state index in [9.17, 15) is 4.79 Å². The lowest BCUT2D eigenvalue weighted by Gasteiger charge is -2.35. The summed E-state index contributed by atoms with van der Waals surface area (Å²) in [4.78, 5) is 27.5. The molecule has 1 aliphatic carbocycles. The van der Waals surface area contributed by atoms with E-state index in [-0.39, 0.29) is 12.1 Å². The lowest BCUT2D eigenvalue weighted by atomic mass is 10.0. The van der Waals surface area contributed by atoms with Crippen molar-refractivity contribution in [1.29, 1.82) is 0 Å². The number of amides is 2. The van der Waals surface area contributed by atoms with Gasteiger partial charge in [-0.05, 0) is 32.1 Å². The molecule has 2 aromatic heterocycles. The highest BCUT2D eigenvalue weighted by Crippen LogP contribution is 2.30. The van der Waals surface area contributed by atoms with Crippen molar-refractivity contribution >= 4 is 6.03 Å². The van der Waals surface area contributed by atoms with Crippen LogP contribution >= 0.6 is 0 Å². The average molecular weight is 341 g/mol. The van der Waals surface area contributed by atoms with Crippen LogP contribution in [0.3, 0.4) is 0 Å². The van der Waals surface area contributed by atoms with Gasteiger partial charge in [-0.2, -0.15) is 5.10 Å². The van der Waals surface area contributed by atoms with Crippen LogP contribution in [0.4, 0.5) is 4.79 Å². The molecule has 4 rings (SSSR count). The van der Waals surface area contributed by atoms with Gasteiger partial charge in [0, 0.05) is 25.0 Å². The topological polar surface area (TPSA) is 99.7 Å². The van der Waals surface area contributed by atoms with E-state index < -0.39 is 0 Å². The van der Waals surface area contributed by atoms with Gasteiger partial charge in [-0.3, -0.25) is 10.1 Å². The first-order valence-corrected chi connectivity index (χ1v) is 9.07. The molecule has 2 amide bonds. The van der Waals surface area contributed by atoms with E-state index in [1.807, 2.05) is 4.90 Å². The number of nitrogens with zero attached hydrogens (tertiary/aromatic N) is 5.